The van der Waals surface area contributed by atoms with Crippen LogP contribution in [0.1, 0.15) is 30.4 Å². The number of carbonyl (C=O) groups excluding carboxylic acids is 2. The summed E-state index contributed by atoms with van der Waals surface area (Å²) in [6.07, 6.45) is 1.72. The molecule has 2 amide bonds. The van der Waals surface area contributed by atoms with Gasteiger partial charge in [0, 0.05) is 12.2 Å². The minimum absolute atomic E-state index is 0.0502. The van der Waals surface area contributed by atoms with E-state index < -0.39 is 30.9 Å². The van der Waals surface area contributed by atoms with Gasteiger partial charge in [-0.3, -0.25) is 14.4 Å². The molecule has 0 aliphatic heterocycles. The average molecular weight is 267 g/mol. The lowest BCUT2D eigenvalue weighted by Gasteiger charge is -2.21. The fourth-order valence-electron chi connectivity index (χ4n) is 1.74. The van der Waals surface area contributed by atoms with Gasteiger partial charge in [0.1, 0.15) is 18.8 Å². The molecule has 3 N–H and O–H groups in total. The van der Waals surface area contributed by atoms with Crippen LogP contribution in [0.15, 0.2) is 18.3 Å². The second-order valence-electron chi connectivity index (χ2n) is 4.42. The molecule has 0 saturated carbocycles. The van der Waals surface area contributed by atoms with Crippen molar-refractivity contribution in [3.8, 4) is 0 Å². The number of hydrogen-bond donors (Lipinski definition) is 2. The number of amides is 2. The lowest BCUT2D eigenvalue weighted by atomic mass is 10.3. The van der Waals surface area contributed by atoms with Gasteiger partial charge in [0.05, 0.1) is 0 Å². The van der Waals surface area contributed by atoms with Crippen LogP contribution in [0.2, 0.25) is 0 Å². The monoisotopic (exact) mass is 267 g/mol. The summed E-state index contributed by atoms with van der Waals surface area (Å²) in [7, 11) is 0. The first-order valence-electron chi connectivity index (χ1n) is 5.79. The number of primary amides is 1. The van der Waals surface area contributed by atoms with Crippen molar-refractivity contribution in [3.63, 3.8) is 0 Å². The van der Waals surface area contributed by atoms with Crippen LogP contribution in [0.25, 0.3) is 0 Å². The lowest BCUT2D eigenvalue weighted by Crippen LogP contribution is -2.42. The summed E-state index contributed by atoms with van der Waals surface area (Å²) in [6, 6.07) is 3.32. The van der Waals surface area contributed by atoms with E-state index >= 15 is 0 Å². The van der Waals surface area contributed by atoms with Crippen LogP contribution in [-0.4, -0.2) is 45.4 Å². The van der Waals surface area contributed by atoms with Gasteiger partial charge in [0.2, 0.25) is 5.91 Å². The summed E-state index contributed by atoms with van der Waals surface area (Å²) in [5, 5.41) is 8.77. The molecule has 0 bridgehead atoms. The first kappa shape index (κ1) is 14.7. The SMILES string of the molecule is CC(C)n1cccc1C(=O)N(CC(N)=O)CC(=O)O. The smallest absolute Gasteiger partial charge is 0.323 e. The minimum Gasteiger partial charge on any atom is -0.480 e. The quantitative estimate of drug-likeness (QED) is 0.761. The molecule has 0 unspecified atom stereocenters. The Morgan fingerprint density at radius 2 is 2.00 bits per heavy atom. The number of aromatic nitrogens is 1. The van der Waals surface area contributed by atoms with Gasteiger partial charge in [-0.15, -0.1) is 0 Å². The fourth-order valence-corrected chi connectivity index (χ4v) is 1.74. The average Bonchev–Trinajstić information content (AvgIpc) is 2.74. The summed E-state index contributed by atoms with van der Waals surface area (Å²) in [4.78, 5) is 34.8. The number of hydrogen-bond acceptors (Lipinski definition) is 3. The van der Waals surface area contributed by atoms with E-state index in [1.165, 1.54) is 0 Å². The number of aliphatic carboxylic acids is 1. The van der Waals surface area contributed by atoms with Crippen molar-refractivity contribution in [2.45, 2.75) is 19.9 Å². The highest BCUT2D eigenvalue weighted by Gasteiger charge is 2.23. The molecular weight excluding hydrogens is 250 g/mol. The third-order valence-electron chi connectivity index (χ3n) is 2.51. The van der Waals surface area contributed by atoms with E-state index in [1.807, 2.05) is 13.8 Å². The molecule has 1 aromatic rings. The van der Waals surface area contributed by atoms with Crippen LogP contribution in [0, 0.1) is 0 Å². The van der Waals surface area contributed by atoms with Gasteiger partial charge < -0.3 is 20.3 Å². The Morgan fingerprint density at radius 3 is 2.47 bits per heavy atom. The van der Waals surface area contributed by atoms with Crippen molar-refractivity contribution in [2.75, 3.05) is 13.1 Å². The number of nitrogens with zero attached hydrogens (tertiary/aromatic N) is 2. The molecule has 0 spiro atoms. The van der Waals surface area contributed by atoms with Gasteiger partial charge in [0.15, 0.2) is 0 Å². The van der Waals surface area contributed by atoms with Crippen LogP contribution in [0.4, 0.5) is 0 Å². The molecule has 1 heterocycles. The normalized spacial score (nSPS) is 10.5. The Bertz CT molecular complexity index is 477. The van der Waals surface area contributed by atoms with E-state index in [2.05, 4.69) is 0 Å². The van der Waals surface area contributed by atoms with Gasteiger partial charge >= 0.3 is 5.97 Å². The zero-order chi connectivity index (χ0) is 14.6. The highest BCUT2D eigenvalue weighted by Crippen LogP contribution is 2.13. The molecule has 19 heavy (non-hydrogen) atoms. The van der Waals surface area contributed by atoms with Crippen molar-refractivity contribution >= 4 is 17.8 Å². The number of nitrogens with two attached hydrogens (primary N) is 1. The second-order valence-corrected chi connectivity index (χ2v) is 4.42. The molecule has 104 valence electrons. The van der Waals surface area contributed by atoms with Crippen molar-refractivity contribution in [1.82, 2.24) is 9.47 Å². The standard InChI is InChI=1S/C12H17N3O4/c1-8(2)15-5-3-4-9(15)12(19)14(6-10(13)16)7-11(17)18/h3-5,8H,6-7H2,1-2H3,(H2,13,16)(H,17,18). The van der Waals surface area contributed by atoms with Crippen molar-refractivity contribution in [1.29, 1.82) is 0 Å². The summed E-state index contributed by atoms with van der Waals surface area (Å²) in [5.41, 5.74) is 5.36. The Morgan fingerprint density at radius 1 is 1.37 bits per heavy atom. The van der Waals surface area contributed by atoms with Crippen molar-refractivity contribution in [3.05, 3.63) is 24.0 Å². The number of carboxylic acids is 1. The van der Waals surface area contributed by atoms with E-state index in [0.29, 0.717) is 5.69 Å². The van der Waals surface area contributed by atoms with Crippen LogP contribution in [0.3, 0.4) is 0 Å². The molecule has 0 aromatic carbocycles. The fraction of sp³-hybridized carbons (Fsp3) is 0.417. The van der Waals surface area contributed by atoms with Crippen molar-refractivity contribution in [2.24, 2.45) is 5.73 Å². The van der Waals surface area contributed by atoms with Gasteiger partial charge in [-0.1, -0.05) is 0 Å². The topological polar surface area (TPSA) is 106 Å². The minimum atomic E-state index is -1.20. The molecular formula is C12H17N3O4. The Balaban J connectivity index is 3.01. The third kappa shape index (κ3) is 3.84. The molecule has 0 atom stereocenters. The first-order valence-corrected chi connectivity index (χ1v) is 5.79. The zero-order valence-electron chi connectivity index (χ0n) is 10.9. The van der Waals surface area contributed by atoms with Crippen LogP contribution < -0.4 is 5.73 Å². The van der Waals surface area contributed by atoms with Crippen LogP contribution in [0.5, 0.6) is 0 Å². The molecule has 0 aliphatic rings. The van der Waals surface area contributed by atoms with Crippen LogP contribution in [-0.2, 0) is 9.59 Å². The second kappa shape index (κ2) is 6.03. The van der Waals surface area contributed by atoms with Gasteiger partial charge in [0.25, 0.3) is 5.91 Å². The zero-order valence-corrected chi connectivity index (χ0v) is 10.9. The summed E-state index contributed by atoms with van der Waals surface area (Å²) in [5.74, 6) is -2.48. The molecule has 0 aliphatic carbocycles. The van der Waals surface area contributed by atoms with E-state index in [9.17, 15) is 14.4 Å². The van der Waals surface area contributed by atoms with Gasteiger partial charge in [-0.25, -0.2) is 0 Å². The van der Waals surface area contributed by atoms with E-state index in [-0.39, 0.29) is 6.04 Å². The van der Waals surface area contributed by atoms with E-state index in [0.717, 1.165) is 4.90 Å². The lowest BCUT2D eigenvalue weighted by molar-refractivity contribution is -0.138. The van der Waals surface area contributed by atoms with E-state index in [1.54, 1.807) is 22.9 Å². The van der Waals surface area contributed by atoms with Crippen molar-refractivity contribution < 1.29 is 19.5 Å². The summed E-state index contributed by atoms with van der Waals surface area (Å²) < 4.78 is 1.71. The molecule has 7 nitrogen and oxygen atoms in total. The largest absolute Gasteiger partial charge is 0.480 e. The number of carbonyl (C=O) groups is 3. The molecule has 0 saturated heterocycles. The molecule has 1 aromatic heterocycles. The highest BCUT2D eigenvalue weighted by molar-refractivity contribution is 5.96. The maximum absolute atomic E-state index is 12.2. The maximum Gasteiger partial charge on any atom is 0.323 e. The van der Waals surface area contributed by atoms with E-state index in [4.69, 9.17) is 10.8 Å². The summed E-state index contributed by atoms with van der Waals surface area (Å²) >= 11 is 0. The highest BCUT2D eigenvalue weighted by atomic mass is 16.4. The molecule has 0 radical (unpaired) electrons. The molecule has 7 heteroatoms. The Kier molecular flexibility index (Phi) is 4.68. The Hall–Kier alpha value is -2.31. The maximum atomic E-state index is 12.2. The predicted octanol–water partition coefficient (Wildman–Crippen LogP) is 0.0811. The molecule has 1 rings (SSSR count). The molecule has 0 fully saturated rings. The van der Waals surface area contributed by atoms with Gasteiger partial charge in [-0.2, -0.15) is 0 Å². The third-order valence-corrected chi connectivity index (χ3v) is 2.51. The van der Waals surface area contributed by atoms with Gasteiger partial charge in [-0.05, 0) is 26.0 Å². The first-order chi connectivity index (χ1) is 8.82. The summed E-state index contributed by atoms with van der Waals surface area (Å²) in [6.45, 7) is 2.80. The Labute approximate surface area is 110 Å². The van der Waals surface area contributed by atoms with Crippen LogP contribution >= 0.6 is 0 Å². The predicted molar refractivity (Wildman–Crippen MR) is 67.6 cm³/mol. The number of rotatable bonds is 6. The number of carboxylic acid groups (broad SMARTS) is 1.